The van der Waals surface area contributed by atoms with E-state index >= 15 is 0 Å². The lowest BCUT2D eigenvalue weighted by molar-refractivity contribution is -0.151. The van der Waals surface area contributed by atoms with Crippen molar-refractivity contribution in [1.29, 1.82) is 0 Å². The molecule has 3 saturated heterocycles. The third kappa shape index (κ3) is 4.59. The molecule has 1 spiro atoms. The van der Waals surface area contributed by atoms with Gasteiger partial charge < -0.3 is 20.0 Å². The summed E-state index contributed by atoms with van der Waals surface area (Å²) in [7, 11) is 1.73. The highest BCUT2D eigenvalue weighted by Crippen LogP contribution is 2.54. The van der Waals surface area contributed by atoms with Crippen LogP contribution < -0.4 is 5.32 Å². The zero-order valence-electron chi connectivity index (χ0n) is 22.8. The third-order valence-corrected chi connectivity index (χ3v) is 9.20. The van der Waals surface area contributed by atoms with Crippen molar-refractivity contribution in [2.75, 3.05) is 39.8 Å². The van der Waals surface area contributed by atoms with Crippen LogP contribution in [0, 0.1) is 22.7 Å². The quantitative estimate of drug-likeness (QED) is 0.602. The molecule has 2 aromatic rings. The smallest absolute Gasteiger partial charge is 0.257 e. The number of nitrogens with one attached hydrogen (secondary N) is 1. The minimum absolute atomic E-state index is 0.0308. The van der Waals surface area contributed by atoms with E-state index in [2.05, 4.69) is 24.3 Å². The summed E-state index contributed by atoms with van der Waals surface area (Å²) < 4.78 is 1.74. The number of carbonyl (C=O) groups is 4. The lowest BCUT2D eigenvalue weighted by Crippen LogP contribution is -2.65. The average Bonchev–Trinajstić information content (AvgIpc) is 3.26. The molecule has 10 nitrogen and oxygen atoms in total. The Morgan fingerprint density at radius 1 is 1.05 bits per heavy atom. The molecule has 0 unspecified atom stereocenters. The van der Waals surface area contributed by atoms with Crippen molar-refractivity contribution in [3.63, 3.8) is 0 Å². The van der Waals surface area contributed by atoms with Gasteiger partial charge in [0.2, 0.25) is 17.7 Å². The summed E-state index contributed by atoms with van der Waals surface area (Å²) in [5.41, 5.74) is 1.08. The van der Waals surface area contributed by atoms with Gasteiger partial charge in [-0.3, -0.25) is 23.9 Å². The highest BCUT2D eigenvalue weighted by atomic mass is 16.2. The van der Waals surface area contributed by atoms with E-state index in [0.29, 0.717) is 44.7 Å². The molecule has 1 aliphatic carbocycles. The van der Waals surface area contributed by atoms with E-state index in [1.54, 1.807) is 33.9 Å². The van der Waals surface area contributed by atoms with Gasteiger partial charge in [-0.15, -0.1) is 0 Å². The van der Waals surface area contributed by atoms with Gasteiger partial charge in [0.15, 0.2) is 0 Å². The maximum absolute atomic E-state index is 13.6. The molecule has 0 radical (unpaired) electrons. The van der Waals surface area contributed by atoms with Crippen LogP contribution in [0.2, 0.25) is 0 Å². The molecular formula is C29H36N6O4. The van der Waals surface area contributed by atoms with Crippen LogP contribution in [0.3, 0.4) is 0 Å². The second-order valence-electron chi connectivity index (χ2n) is 12.6. The second-order valence-corrected chi connectivity index (χ2v) is 12.6. The number of nitrogens with zero attached hydrogens (tertiary/aromatic N) is 5. The first-order chi connectivity index (χ1) is 18.6. The number of benzene rings is 1. The van der Waals surface area contributed by atoms with Crippen LogP contribution in [0.25, 0.3) is 0 Å². The minimum Gasteiger partial charge on any atom is -0.344 e. The molecule has 4 heterocycles. The van der Waals surface area contributed by atoms with E-state index in [1.165, 1.54) is 0 Å². The summed E-state index contributed by atoms with van der Waals surface area (Å²) in [4.78, 5) is 57.8. The van der Waals surface area contributed by atoms with Crippen molar-refractivity contribution in [1.82, 2.24) is 29.8 Å². The Kier molecular flexibility index (Phi) is 6.04. The molecule has 3 aliphatic heterocycles. The molecule has 1 N–H and O–H groups in total. The van der Waals surface area contributed by atoms with Gasteiger partial charge >= 0.3 is 0 Å². The van der Waals surface area contributed by atoms with Crippen LogP contribution in [-0.4, -0.2) is 93.9 Å². The largest absolute Gasteiger partial charge is 0.344 e. The Bertz CT molecular complexity index is 1310. The predicted octanol–water partition coefficient (Wildman–Crippen LogP) is 1.23. The van der Waals surface area contributed by atoms with E-state index in [0.717, 1.165) is 12.0 Å². The van der Waals surface area contributed by atoms with E-state index in [1.807, 2.05) is 35.2 Å². The normalized spacial score (nSPS) is 26.6. The molecule has 3 atom stereocenters. The van der Waals surface area contributed by atoms with Crippen LogP contribution in [0.4, 0.5) is 0 Å². The fourth-order valence-corrected chi connectivity index (χ4v) is 6.53. The number of amides is 4. The SMILES string of the molecule is CN1CC[C@@H](NC(=O)[C@@H]2CN(C(=O)c3cnn(Cc4ccccc4)c3)CC23CN(C(=O)[C@H]2CC2(C)C)C3)C1=O. The summed E-state index contributed by atoms with van der Waals surface area (Å²) in [6.07, 6.45) is 4.78. The number of aromatic nitrogens is 2. The lowest BCUT2D eigenvalue weighted by Gasteiger charge is -2.50. The Hall–Kier alpha value is -3.69. The predicted molar refractivity (Wildman–Crippen MR) is 142 cm³/mol. The number of hydrogen-bond acceptors (Lipinski definition) is 5. The molecule has 1 aromatic heterocycles. The first-order valence-corrected chi connectivity index (χ1v) is 13.8. The molecule has 39 heavy (non-hydrogen) atoms. The summed E-state index contributed by atoms with van der Waals surface area (Å²) in [5.74, 6) is -0.787. The van der Waals surface area contributed by atoms with Gasteiger partial charge in [0.05, 0.1) is 24.2 Å². The monoisotopic (exact) mass is 532 g/mol. The maximum Gasteiger partial charge on any atom is 0.257 e. The van der Waals surface area contributed by atoms with E-state index in [-0.39, 0.29) is 41.5 Å². The minimum atomic E-state index is -0.536. The molecule has 1 aromatic carbocycles. The van der Waals surface area contributed by atoms with Gasteiger partial charge in [0, 0.05) is 57.3 Å². The molecule has 4 amide bonds. The van der Waals surface area contributed by atoms with Gasteiger partial charge in [-0.2, -0.15) is 5.10 Å². The van der Waals surface area contributed by atoms with Crippen molar-refractivity contribution in [2.24, 2.45) is 22.7 Å². The van der Waals surface area contributed by atoms with Crippen LogP contribution in [0.5, 0.6) is 0 Å². The van der Waals surface area contributed by atoms with Crippen molar-refractivity contribution >= 4 is 23.6 Å². The highest BCUT2D eigenvalue weighted by Gasteiger charge is 2.62. The van der Waals surface area contributed by atoms with Crippen molar-refractivity contribution in [2.45, 2.75) is 39.3 Å². The summed E-state index contributed by atoms with van der Waals surface area (Å²) >= 11 is 0. The highest BCUT2D eigenvalue weighted by molar-refractivity contribution is 5.96. The van der Waals surface area contributed by atoms with Crippen LogP contribution in [-0.2, 0) is 20.9 Å². The summed E-state index contributed by atoms with van der Waals surface area (Å²) in [6, 6.07) is 9.37. The second kappa shape index (κ2) is 9.20. The number of hydrogen-bond donors (Lipinski definition) is 1. The van der Waals surface area contributed by atoms with E-state index in [9.17, 15) is 19.2 Å². The average molecular weight is 533 g/mol. The van der Waals surface area contributed by atoms with Crippen LogP contribution >= 0.6 is 0 Å². The van der Waals surface area contributed by atoms with Gasteiger partial charge in [-0.25, -0.2) is 0 Å². The first kappa shape index (κ1) is 25.6. The Balaban J connectivity index is 1.17. The van der Waals surface area contributed by atoms with Gasteiger partial charge in [-0.05, 0) is 23.8 Å². The Morgan fingerprint density at radius 3 is 2.38 bits per heavy atom. The molecule has 206 valence electrons. The fraction of sp³-hybridized carbons (Fsp3) is 0.552. The van der Waals surface area contributed by atoms with Gasteiger partial charge in [0.25, 0.3) is 5.91 Å². The molecule has 1 saturated carbocycles. The van der Waals surface area contributed by atoms with Gasteiger partial charge in [0.1, 0.15) is 6.04 Å². The van der Waals surface area contributed by atoms with Crippen molar-refractivity contribution in [3.05, 3.63) is 53.9 Å². The number of likely N-dealkylation sites (tertiary alicyclic amines) is 3. The number of likely N-dealkylation sites (N-methyl/N-ethyl adjacent to an activating group) is 1. The number of rotatable bonds is 6. The summed E-state index contributed by atoms with van der Waals surface area (Å²) in [6.45, 7) is 6.92. The van der Waals surface area contributed by atoms with Crippen molar-refractivity contribution in [3.8, 4) is 0 Å². The Morgan fingerprint density at radius 2 is 1.74 bits per heavy atom. The lowest BCUT2D eigenvalue weighted by atomic mass is 9.70. The first-order valence-electron chi connectivity index (χ1n) is 13.8. The molecule has 4 aliphatic rings. The third-order valence-electron chi connectivity index (χ3n) is 9.20. The maximum atomic E-state index is 13.6. The van der Waals surface area contributed by atoms with Crippen LogP contribution in [0.1, 0.15) is 42.6 Å². The molecular weight excluding hydrogens is 496 g/mol. The molecule has 10 heteroatoms. The van der Waals surface area contributed by atoms with E-state index in [4.69, 9.17) is 0 Å². The number of carbonyl (C=O) groups excluding carboxylic acids is 4. The standard InChI is InChI=1S/C29H36N6O4/c1-28(2)11-21(28)26(38)34-17-29(18-34)16-33(15-22(29)24(36)31-23-9-10-32(3)27(23)39)25(37)20-12-30-35(14-20)13-19-7-5-4-6-8-19/h4-8,12,14,21-23H,9-11,13,15-18H2,1-3H3,(H,31,36)/t21-,22+,23-/m1/s1. The molecule has 4 fully saturated rings. The molecule has 0 bridgehead atoms. The van der Waals surface area contributed by atoms with Crippen LogP contribution in [0.15, 0.2) is 42.7 Å². The topological polar surface area (TPSA) is 108 Å². The van der Waals surface area contributed by atoms with Crippen molar-refractivity contribution < 1.29 is 19.2 Å². The zero-order valence-corrected chi connectivity index (χ0v) is 22.8. The molecule has 6 rings (SSSR count). The van der Waals surface area contributed by atoms with Gasteiger partial charge in [-0.1, -0.05) is 44.2 Å². The summed E-state index contributed by atoms with van der Waals surface area (Å²) in [5, 5.41) is 7.34. The Labute approximate surface area is 228 Å². The fourth-order valence-electron chi connectivity index (χ4n) is 6.53. The zero-order chi connectivity index (χ0) is 27.5. The van der Waals surface area contributed by atoms with E-state index < -0.39 is 17.4 Å².